The molecule has 2 atom stereocenters. The monoisotopic (exact) mass is 394 g/mol. The molecule has 28 heavy (non-hydrogen) atoms. The molecule has 0 radical (unpaired) electrons. The Kier molecular flexibility index (Phi) is 5.08. The van der Waals surface area contributed by atoms with Crippen LogP contribution in [-0.4, -0.2) is 28.0 Å². The highest BCUT2D eigenvalue weighted by Gasteiger charge is 2.41. The Balaban J connectivity index is 1.76. The van der Waals surface area contributed by atoms with E-state index in [0.29, 0.717) is 5.69 Å². The number of anilines is 1. The van der Waals surface area contributed by atoms with E-state index in [0.717, 1.165) is 16.0 Å². The Morgan fingerprint density at radius 1 is 1.11 bits per heavy atom. The number of hydrogen-bond acceptors (Lipinski definition) is 4. The van der Waals surface area contributed by atoms with Gasteiger partial charge in [0.05, 0.1) is 23.5 Å². The largest absolute Gasteiger partial charge is 0.472 e. The molecule has 1 aliphatic rings. The minimum absolute atomic E-state index is 0.111. The van der Waals surface area contributed by atoms with Crippen LogP contribution in [0.15, 0.2) is 82.5 Å². The molecule has 2 heterocycles. The molecule has 0 fully saturated rings. The second-order valence-electron chi connectivity index (χ2n) is 6.42. The van der Waals surface area contributed by atoms with Gasteiger partial charge in [-0.1, -0.05) is 42.5 Å². The second kappa shape index (κ2) is 7.82. The number of carbonyl (C=O) groups is 2. The zero-order valence-electron chi connectivity index (χ0n) is 14.8. The lowest BCUT2D eigenvalue weighted by Crippen LogP contribution is -2.48. The number of amides is 2. The van der Waals surface area contributed by atoms with Crippen LogP contribution in [0.25, 0.3) is 0 Å². The number of rotatable bonds is 4. The predicted molar refractivity (Wildman–Crippen MR) is 106 cm³/mol. The van der Waals surface area contributed by atoms with Crippen molar-refractivity contribution in [2.45, 2.75) is 22.7 Å². The average Bonchev–Trinajstić information content (AvgIpc) is 3.18. The standard InChI is InChI=1S/C21H18N2O4S/c24-20-18(23(21(25)26)12-14-6-2-1-3-7-14)19(15-10-11-27-13-15)28-17-9-5-4-8-16(17)22-20/h1-11,13,18-19H,12H2,(H,22,24)(H,25,26)/t18-,19-/m1/s1. The summed E-state index contributed by atoms with van der Waals surface area (Å²) in [5.41, 5.74) is 2.26. The maximum absolute atomic E-state index is 13.2. The number of carbonyl (C=O) groups excluding carboxylic acids is 1. The third kappa shape index (κ3) is 3.61. The summed E-state index contributed by atoms with van der Waals surface area (Å²) in [5, 5.41) is 12.4. The molecule has 2 N–H and O–H groups in total. The van der Waals surface area contributed by atoms with Crippen molar-refractivity contribution in [3.05, 3.63) is 84.3 Å². The molecular formula is C21H18N2O4S. The lowest BCUT2D eigenvalue weighted by molar-refractivity contribution is -0.121. The topological polar surface area (TPSA) is 82.8 Å². The molecule has 1 aliphatic heterocycles. The molecule has 0 saturated carbocycles. The third-order valence-corrected chi connectivity index (χ3v) is 6.00. The number of para-hydroxylation sites is 1. The highest BCUT2D eigenvalue weighted by atomic mass is 32.2. The second-order valence-corrected chi connectivity index (χ2v) is 7.60. The summed E-state index contributed by atoms with van der Waals surface area (Å²) in [5.74, 6) is -0.359. The van der Waals surface area contributed by atoms with Gasteiger partial charge in [-0.25, -0.2) is 4.79 Å². The fourth-order valence-electron chi connectivity index (χ4n) is 3.28. The molecule has 1 aromatic heterocycles. The van der Waals surface area contributed by atoms with Crippen LogP contribution in [0.5, 0.6) is 0 Å². The van der Waals surface area contributed by atoms with Gasteiger partial charge in [0.2, 0.25) is 5.91 Å². The molecule has 2 aromatic carbocycles. The average molecular weight is 394 g/mol. The van der Waals surface area contributed by atoms with Gasteiger partial charge in [-0.3, -0.25) is 9.69 Å². The summed E-state index contributed by atoms with van der Waals surface area (Å²) in [6.07, 6.45) is 1.95. The highest BCUT2D eigenvalue weighted by molar-refractivity contribution is 7.99. The fourth-order valence-corrected chi connectivity index (χ4v) is 4.62. The van der Waals surface area contributed by atoms with Crippen molar-refractivity contribution >= 4 is 29.4 Å². The molecule has 0 bridgehead atoms. The minimum atomic E-state index is -1.15. The summed E-state index contributed by atoms with van der Waals surface area (Å²) in [6, 6.07) is 17.6. The SMILES string of the molecule is O=C1Nc2ccccc2S[C@H](c2ccoc2)[C@H]1N(Cc1ccccc1)C(=O)O. The first-order valence-corrected chi connectivity index (χ1v) is 9.63. The fraction of sp³-hybridized carbons (Fsp3) is 0.143. The molecule has 3 aromatic rings. The number of furan rings is 1. The molecule has 0 aliphatic carbocycles. The lowest BCUT2D eigenvalue weighted by atomic mass is 10.0. The first-order chi connectivity index (χ1) is 13.6. The normalized spacial score (nSPS) is 18.6. The van der Waals surface area contributed by atoms with E-state index in [1.807, 2.05) is 54.6 Å². The summed E-state index contributed by atoms with van der Waals surface area (Å²) >= 11 is 1.46. The number of nitrogens with one attached hydrogen (secondary N) is 1. The number of carboxylic acid groups (broad SMARTS) is 1. The molecule has 0 spiro atoms. The van der Waals surface area contributed by atoms with Gasteiger partial charge in [-0.05, 0) is 23.8 Å². The van der Waals surface area contributed by atoms with Crippen LogP contribution < -0.4 is 5.32 Å². The van der Waals surface area contributed by atoms with Crippen molar-refractivity contribution in [2.24, 2.45) is 0 Å². The maximum atomic E-state index is 13.2. The maximum Gasteiger partial charge on any atom is 0.408 e. The van der Waals surface area contributed by atoms with Crippen LogP contribution in [-0.2, 0) is 11.3 Å². The van der Waals surface area contributed by atoms with Gasteiger partial charge in [0.25, 0.3) is 0 Å². The van der Waals surface area contributed by atoms with Crippen LogP contribution in [0.3, 0.4) is 0 Å². The van der Waals surface area contributed by atoms with Gasteiger partial charge >= 0.3 is 6.09 Å². The number of thioether (sulfide) groups is 1. The van der Waals surface area contributed by atoms with E-state index >= 15 is 0 Å². The molecule has 7 heteroatoms. The van der Waals surface area contributed by atoms with E-state index in [4.69, 9.17) is 4.42 Å². The van der Waals surface area contributed by atoms with Crippen molar-refractivity contribution in [3.8, 4) is 0 Å². The quantitative estimate of drug-likeness (QED) is 0.675. The molecule has 142 valence electrons. The zero-order chi connectivity index (χ0) is 19.5. The van der Waals surface area contributed by atoms with E-state index in [2.05, 4.69) is 5.32 Å². The Morgan fingerprint density at radius 3 is 2.57 bits per heavy atom. The summed E-state index contributed by atoms with van der Waals surface area (Å²) in [4.78, 5) is 27.4. The lowest BCUT2D eigenvalue weighted by Gasteiger charge is -2.32. The van der Waals surface area contributed by atoms with Crippen LogP contribution >= 0.6 is 11.8 Å². The molecule has 6 nitrogen and oxygen atoms in total. The molecular weight excluding hydrogens is 376 g/mol. The van der Waals surface area contributed by atoms with Gasteiger partial charge in [-0.2, -0.15) is 0 Å². The van der Waals surface area contributed by atoms with Crippen LogP contribution in [0, 0.1) is 0 Å². The van der Waals surface area contributed by atoms with E-state index < -0.39 is 17.4 Å². The van der Waals surface area contributed by atoms with Crippen molar-refractivity contribution in [1.82, 2.24) is 4.90 Å². The molecule has 4 rings (SSSR count). The molecule has 0 unspecified atom stereocenters. The first kappa shape index (κ1) is 18.2. The van der Waals surface area contributed by atoms with Gasteiger partial charge in [0.1, 0.15) is 6.04 Å². The van der Waals surface area contributed by atoms with Gasteiger partial charge < -0.3 is 14.8 Å². The van der Waals surface area contributed by atoms with Crippen molar-refractivity contribution in [3.63, 3.8) is 0 Å². The van der Waals surface area contributed by atoms with Crippen molar-refractivity contribution in [2.75, 3.05) is 5.32 Å². The molecule has 0 saturated heterocycles. The van der Waals surface area contributed by atoms with E-state index in [-0.39, 0.29) is 12.5 Å². The molecule has 2 amide bonds. The van der Waals surface area contributed by atoms with Crippen LogP contribution in [0.2, 0.25) is 0 Å². The van der Waals surface area contributed by atoms with Crippen LogP contribution in [0.1, 0.15) is 16.4 Å². The van der Waals surface area contributed by atoms with Gasteiger partial charge in [-0.15, -0.1) is 11.8 Å². The smallest absolute Gasteiger partial charge is 0.408 e. The van der Waals surface area contributed by atoms with Crippen molar-refractivity contribution < 1.29 is 19.1 Å². The number of benzene rings is 2. The van der Waals surface area contributed by atoms with Gasteiger partial charge in [0, 0.05) is 17.0 Å². The Hall–Kier alpha value is -3.19. The predicted octanol–water partition coefficient (Wildman–Crippen LogP) is 4.61. The summed E-state index contributed by atoms with van der Waals surface area (Å²) < 4.78 is 5.23. The Morgan fingerprint density at radius 2 is 1.86 bits per heavy atom. The van der Waals surface area contributed by atoms with Crippen molar-refractivity contribution in [1.29, 1.82) is 0 Å². The minimum Gasteiger partial charge on any atom is -0.472 e. The number of fused-ring (bicyclic) bond motifs is 1. The highest BCUT2D eigenvalue weighted by Crippen LogP contribution is 2.45. The van der Waals surface area contributed by atoms with Gasteiger partial charge in [0.15, 0.2) is 0 Å². The summed E-state index contributed by atoms with van der Waals surface area (Å²) in [7, 11) is 0. The third-order valence-electron chi connectivity index (χ3n) is 4.60. The van der Waals surface area contributed by atoms with E-state index in [1.165, 1.54) is 22.9 Å². The zero-order valence-corrected chi connectivity index (χ0v) is 15.6. The first-order valence-electron chi connectivity index (χ1n) is 8.75. The summed E-state index contributed by atoms with van der Waals surface area (Å²) in [6.45, 7) is 0.111. The number of nitrogens with zero attached hydrogens (tertiary/aromatic N) is 1. The van der Waals surface area contributed by atoms with E-state index in [1.54, 1.807) is 12.3 Å². The number of hydrogen-bond donors (Lipinski definition) is 2. The Labute approximate surface area is 166 Å². The van der Waals surface area contributed by atoms with Crippen LogP contribution in [0.4, 0.5) is 10.5 Å². The van der Waals surface area contributed by atoms with E-state index in [9.17, 15) is 14.7 Å². The Bertz CT molecular complexity index is 975.